The maximum absolute atomic E-state index is 6.19. The van der Waals surface area contributed by atoms with Crippen LogP contribution in [0.2, 0.25) is 0 Å². The molecule has 3 nitrogen and oxygen atoms in total. The molecule has 1 saturated heterocycles. The van der Waals surface area contributed by atoms with Gasteiger partial charge in [0, 0.05) is 22.6 Å². The van der Waals surface area contributed by atoms with Crippen LogP contribution in [0, 0.1) is 5.92 Å². The van der Waals surface area contributed by atoms with E-state index in [0.29, 0.717) is 18.1 Å². The molecule has 20 heavy (non-hydrogen) atoms. The van der Waals surface area contributed by atoms with E-state index in [1.165, 1.54) is 24.8 Å². The number of halogens is 1. The van der Waals surface area contributed by atoms with Gasteiger partial charge in [0.05, 0.1) is 6.10 Å². The van der Waals surface area contributed by atoms with Crippen LogP contribution in [0.25, 0.3) is 0 Å². The van der Waals surface area contributed by atoms with Gasteiger partial charge in [0.2, 0.25) is 0 Å². The number of hydrogen-bond donors (Lipinski definition) is 1. The van der Waals surface area contributed by atoms with Gasteiger partial charge in [-0.15, -0.1) is 0 Å². The topological polar surface area (TPSA) is 38.5 Å². The minimum absolute atomic E-state index is 0.423. The molecule has 1 aliphatic heterocycles. The number of nitrogens with zero attached hydrogens (tertiary/aromatic N) is 1. The first-order chi connectivity index (χ1) is 9.67. The molecule has 2 fully saturated rings. The Hall–Kier alpha value is -0.580. The molecule has 1 saturated carbocycles. The molecule has 1 aromatic carbocycles. The van der Waals surface area contributed by atoms with E-state index in [2.05, 4.69) is 46.1 Å². The summed E-state index contributed by atoms with van der Waals surface area (Å²) in [6.45, 7) is 1.85. The minimum Gasteiger partial charge on any atom is -0.490 e. The highest BCUT2D eigenvalue weighted by Crippen LogP contribution is 2.40. The monoisotopic (exact) mass is 338 g/mol. The zero-order chi connectivity index (χ0) is 14.1. The highest BCUT2D eigenvalue weighted by Gasteiger charge is 2.32. The van der Waals surface area contributed by atoms with Gasteiger partial charge in [0.25, 0.3) is 0 Å². The molecule has 2 aliphatic rings. The number of likely N-dealkylation sites (tertiary alicyclic amines) is 1. The lowest BCUT2D eigenvalue weighted by Crippen LogP contribution is -2.26. The normalized spacial score (nSPS) is 27.6. The minimum atomic E-state index is 0.423. The van der Waals surface area contributed by atoms with Crippen molar-refractivity contribution in [1.82, 2.24) is 4.90 Å². The lowest BCUT2D eigenvalue weighted by Gasteiger charge is -2.29. The summed E-state index contributed by atoms with van der Waals surface area (Å²) in [6.07, 6.45) is 5.24. The largest absolute Gasteiger partial charge is 0.490 e. The van der Waals surface area contributed by atoms with Crippen LogP contribution in [0.5, 0.6) is 5.75 Å². The van der Waals surface area contributed by atoms with Crippen molar-refractivity contribution in [2.24, 2.45) is 11.7 Å². The standard InChI is InChI=1S/C16H23BrN2O/c1-19-10-11(9-18)7-15(19)14-8-12(17)5-6-16(14)20-13-3-2-4-13/h5-6,8,11,13,15H,2-4,7,9-10,18H2,1H3. The van der Waals surface area contributed by atoms with Crippen molar-refractivity contribution in [3.63, 3.8) is 0 Å². The van der Waals surface area contributed by atoms with Gasteiger partial charge in [0.15, 0.2) is 0 Å². The molecule has 1 aliphatic carbocycles. The summed E-state index contributed by atoms with van der Waals surface area (Å²) in [5.41, 5.74) is 7.16. The molecule has 110 valence electrons. The lowest BCUT2D eigenvalue weighted by molar-refractivity contribution is 0.117. The molecular formula is C16H23BrN2O. The van der Waals surface area contributed by atoms with Crippen LogP contribution in [-0.4, -0.2) is 31.1 Å². The predicted molar refractivity (Wildman–Crippen MR) is 84.9 cm³/mol. The fourth-order valence-electron chi connectivity index (χ4n) is 3.20. The molecule has 1 heterocycles. The van der Waals surface area contributed by atoms with Gasteiger partial charge >= 0.3 is 0 Å². The van der Waals surface area contributed by atoms with Crippen molar-refractivity contribution < 1.29 is 4.74 Å². The molecule has 2 N–H and O–H groups in total. The predicted octanol–water partition coefficient (Wildman–Crippen LogP) is 3.33. The second-order valence-electron chi connectivity index (χ2n) is 6.15. The van der Waals surface area contributed by atoms with Gasteiger partial charge in [-0.1, -0.05) is 15.9 Å². The van der Waals surface area contributed by atoms with E-state index in [4.69, 9.17) is 10.5 Å². The van der Waals surface area contributed by atoms with Crippen LogP contribution in [0.3, 0.4) is 0 Å². The Morgan fingerprint density at radius 3 is 2.80 bits per heavy atom. The second-order valence-corrected chi connectivity index (χ2v) is 7.06. The molecule has 0 amide bonds. The molecule has 2 unspecified atom stereocenters. The summed E-state index contributed by atoms with van der Waals surface area (Å²) in [4.78, 5) is 2.41. The summed E-state index contributed by atoms with van der Waals surface area (Å²) >= 11 is 3.59. The van der Waals surface area contributed by atoms with Crippen LogP contribution < -0.4 is 10.5 Å². The molecule has 0 radical (unpaired) electrons. The third kappa shape index (κ3) is 2.87. The van der Waals surface area contributed by atoms with E-state index in [9.17, 15) is 0 Å². The van der Waals surface area contributed by atoms with Crippen LogP contribution in [0.1, 0.15) is 37.3 Å². The van der Waals surface area contributed by atoms with Crippen molar-refractivity contribution in [2.45, 2.75) is 37.8 Å². The lowest BCUT2D eigenvalue weighted by atomic mass is 9.95. The zero-order valence-electron chi connectivity index (χ0n) is 12.0. The van der Waals surface area contributed by atoms with E-state index in [1.54, 1.807) is 0 Å². The van der Waals surface area contributed by atoms with Crippen LogP contribution in [0.4, 0.5) is 0 Å². The Balaban J connectivity index is 1.84. The zero-order valence-corrected chi connectivity index (χ0v) is 13.6. The number of benzene rings is 1. The third-order valence-corrected chi connectivity index (χ3v) is 5.14. The maximum Gasteiger partial charge on any atom is 0.124 e. The van der Waals surface area contributed by atoms with E-state index < -0.39 is 0 Å². The molecule has 4 heteroatoms. The summed E-state index contributed by atoms with van der Waals surface area (Å²) < 4.78 is 7.31. The van der Waals surface area contributed by atoms with Gasteiger partial charge in [0.1, 0.15) is 5.75 Å². The fourth-order valence-corrected chi connectivity index (χ4v) is 3.57. The van der Waals surface area contributed by atoms with Crippen molar-refractivity contribution in [3.8, 4) is 5.75 Å². The van der Waals surface area contributed by atoms with Crippen molar-refractivity contribution in [1.29, 1.82) is 0 Å². The average molecular weight is 339 g/mol. The van der Waals surface area contributed by atoms with Crippen molar-refractivity contribution in [2.75, 3.05) is 20.1 Å². The highest BCUT2D eigenvalue weighted by atomic mass is 79.9. The Morgan fingerprint density at radius 1 is 1.40 bits per heavy atom. The Labute approximate surface area is 129 Å². The maximum atomic E-state index is 6.19. The number of nitrogens with two attached hydrogens (primary N) is 1. The smallest absolute Gasteiger partial charge is 0.124 e. The summed E-state index contributed by atoms with van der Waals surface area (Å²) in [5, 5.41) is 0. The Kier molecular flexibility index (Phi) is 4.34. The summed E-state index contributed by atoms with van der Waals surface area (Å²) in [7, 11) is 2.19. The molecule has 0 bridgehead atoms. The van der Waals surface area contributed by atoms with E-state index in [0.717, 1.165) is 29.7 Å². The van der Waals surface area contributed by atoms with Gasteiger partial charge in [-0.2, -0.15) is 0 Å². The van der Waals surface area contributed by atoms with Gasteiger partial charge < -0.3 is 10.5 Å². The molecule has 3 rings (SSSR count). The molecule has 1 aromatic rings. The van der Waals surface area contributed by atoms with Crippen molar-refractivity contribution in [3.05, 3.63) is 28.2 Å². The number of rotatable bonds is 4. The van der Waals surface area contributed by atoms with Crippen molar-refractivity contribution >= 4 is 15.9 Å². The first-order valence-corrected chi connectivity index (χ1v) is 8.33. The second kappa shape index (κ2) is 6.04. The average Bonchev–Trinajstić information content (AvgIpc) is 2.76. The highest BCUT2D eigenvalue weighted by molar-refractivity contribution is 9.10. The van der Waals surface area contributed by atoms with Gasteiger partial charge in [-0.05, 0) is 63.4 Å². The van der Waals surface area contributed by atoms with Crippen LogP contribution in [-0.2, 0) is 0 Å². The summed E-state index contributed by atoms with van der Waals surface area (Å²) in [6, 6.07) is 6.83. The Morgan fingerprint density at radius 2 is 2.20 bits per heavy atom. The third-order valence-electron chi connectivity index (χ3n) is 4.64. The molecule has 0 spiro atoms. The summed E-state index contributed by atoms with van der Waals surface area (Å²) in [5.74, 6) is 1.66. The first-order valence-electron chi connectivity index (χ1n) is 7.53. The first kappa shape index (κ1) is 14.4. The quantitative estimate of drug-likeness (QED) is 0.914. The van der Waals surface area contributed by atoms with Crippen LogP contribution in [0.15, 0.2) is 22.7 Å². The number of hydrogen-bond acceptors (Lipinski definition) is 3. The van der Waals surface area contributed by atoms with Gasteiger partial charge in [-0.25, -0.2) is 0 Å². The molecule has 0 aromatic heterocycles. The van der Waals surface area contributed by atoms with E-state index in [1.807, 2.05) is 0 Å². The SMILES string of the molecule is CN1CC(CN)CC1c1cc(Br)ccc1OC1CCC1. The number of ether oxygens (including phenoxy) is 1. The van der Waals surface area contributed by atoms with Gasteiger partial charge in [-0.3, -0.25) is 4.90 Å². The fraction of sp³-hybridized carbons (Fsp3) is 0.625. The van der Waals surface area contributed by atoms with Crippen LogP contribution >= 0.6 is 15.9 Å². The molecular weight excluding hydrogens is 316 g/mol. The van der Waals surface area contributed by atoms with E-state index >= 15 is 0 Å². The molecule has 2 atom stereocenters. The Bertz CT molecular complexity index is 476. The van der Waals surface area contributed by atoms with E-state index in [-0.39, 0.29) is 0 Å².